The van der Waals surface area contributed by atoms with Crippen LogP contribution in [0.4, 0.5) is 5.69 Å². The molecule has 0 spiro atoms. The lowest BCUT2D eigenvalue weighted by atomic mass is 10.1. The van der Waals surface area contributed by atoms with Crippen LogP contribution in [-0.4, -0.2) is 29.8 Å². The highest BCUT2D eigenvalue weighted by molar-refractivity contribution is 6.38. The Labute approximate surface area is 104 Å². The van der Waals surface area contributed by atoms with Crippen molar-refractivity contribution in [2.45, 2.75) is 18.6 Å². The number of anilines is 1. The van der Waals surface area contributed by atoms with E-state index in [1.165, 1.54) is 0 Å². The predicted octanol–water partition coefficient (Wildman–Crippen LogP) is 1.92. The summed E-state index contributed by atoms with van der Waals surface area (Å²) in [7, 11) is 0. The molecule has 2 rings (SSSR count). The molecule has 0 aliphatic carbocycles. The summed E-state index contributed by atoms with van der Waals surface area (Å²) in [4.78, 5) is 3.88. The van der Waals surface area contributed by atoms with Gasteiger partial charge in [0, 0.05) is 25.5 Å². The third-order valence-corrected chi connectivity index (χ3v) is 3.43. The van der Waals surface area contributed by atoms with Crippen LogP contribution in [0.1, 0.15) is 6.92 Å². The van der Waals surface area contributed by atoms with E-state index in [4.69, 9.17) is 33.7 Å². The minimum absolute atomic E-state index is 0.171. The molecule has 1 fully saturated rings. The van der Waals surface area contributed by atoms with Crippen molar-refractivity contribution in [3.63, 3.8) is 0 Å². The van der Waals surface area contributed by atoms with Crippen molar-refractivity contribution >= 4 is 28.9 Å². The van der Waals surface area contributed by atoms with Gasteiger partial charge in [-0.25, -0.2) is 0 Å². The lowest BCUT2D eigenvalue weighted by molar-refractivity contribution is 0.309. The number of nitrogens with two attached hydrogens (primary N) is 1. The third-order valence-electron chi connectivity index (χ3n) is 2.86. The molecule has 0 amide bonds. The summed E-state index contributed by atoms with van der Waals surface area (Å²) in [6.45, 7) is 3.06. The highest BCUT2D eigenvalue weighted by Gasteiger charge is 2.52. The van der Waals surface area contributed by atoms with Crippen molar-refractivity contribution in [3.05, 3.63) is 22.4 Å². The fourth-order valence-electron chi connectivity index (χ4n) is 1.61. The lowest BCUT2D eigenvalue weighted by Crippen LogP contribution is -2.34. The zero-order chi connectivity index (χ0) is 11.8. The second kappa shape index (κ2) is 4.37. The van der Waals surface area contributed by atoms with E-state index >= 15 is 0 Å². The molecular formula is C10H13Cl2N3O. The molecule has 2 unspecified atom stereocenters. The van der Waals surface area contributed by atoms with Gasteiger partial charge in [-0.3, -0.25) is 4.98 Å². The monoisotopic (exact) mass is 261 g/mol. The van der Waals surface area contributed by atoms with Gasteiger partial charge in [0.1, 0.15) is 5.60 Å². The van der Waals surface area contributed by atoms with Crippen molar-refractivity contribution in [2.24, 2.45) is 5.73 Å². The number of nitrogens with one attached hydrogen (secondary N) is 1. The summed E-state index contributed by atoms with van der Waals surface area (Å²) >= 11 is 12.0. The number of hydrogen-bond donors (Lipinski definition) is 2. The summed E-state index contributed by atoms with van der Waals surface area (Å²) in [6.07, 6.45) is 3.26. The molecule has 0 radical (unpaired) electrons. The molecule has 2 atom stereocenters. The Morgan fingerprint density at radius 3 is 2.50 bits per heavy atom. The number of hydrogen-bond acceptors (Lipinski definition) is 4. The Kier molecular flexibility index (Phi) is 3.26. The van der Waals surface area contributed by atoms with Gasteiger partial charge < -0.3 is 15.8 Å². The van der Waals surface area contributed by atoms with Crippen molar-refractivity contribution < 1.29 is 4.74 Å². The number of halogens is 2. The van der Waals surface area contributed by atoms with Gasteiger partial charge in [-0.05, 0) is 6.92 Å². The highest BCUT2D eigenvalue weighted by atomic mass is 35.5. The number of aromatic nitrogens is 1. The molecule has 1 aromatic rings. The normalized spacial score (nSPS) is 27.9. The molecule has 6 heteroatoms. The molecule has 1 aliphatic rings. The van der Waals surface area contributed by atoms with Crippen LogP contribution in [0.3, 0.4) is 0 Å². The number of rotatable bonds is 4. The number of epoxide rings is 1. The van der Waals surface area contributed by atoms with E-state index in [2.05, 4.69) is 10.3 Å². The lowest BCUT2D eigenvalue weighted by Gasteiger charge is -2.14. The number of ether oxygens (including phenoxy) is 1. The predicted molar refractivity (Wildman–Crippen MR) is 65.1 cm³/mol. The molecule has 1 saturated heterocycles. The Morgan fingerprint density at radius 2 is 2.06 bits per heavy atom. The first kappa shape index (κ1) is 11.9. The molecule has 1 aliphatic heterocycles. The van der Waals surface area contributed by atoms with Crippen molar-refractivity contribution in [3.8, 4) is 0 Å². The second-order valence-corrected chi connectivity index (χ2v) is 4.68. The van der Waals surface area contributed by atoms with Gasteiger partial charge in [-0.15, -0.1) is 0 Å². The summed E-state index contributed by atoms with van der Waals surface area (Å²) < 4.78 is 5.47. The van der Waals surface area contributed by atoms with Crippen LogP contribution in [0.2, 0.25) is 10.0 Å². The quantitative estimate of drug-likeness (QED) is 0.814. The SMILES string of the molecule is CC1OC1(CN)CNc1c(Cl)cncc1Cl. The van der Waals surface area contributed by atoms with E-state index in [1.54, 1.807) is 12.4 Å². The maximum absolute atomic E-state index is 5.98. The van der Waals surface area contributed by atoms with Gasteiger partial charge in [0.05, 0.1) is 21.8 Å². The smallest absolute Gasteiger partial charge is 0.124 e. The molecule has 4 nitrogen and oxygen atoms in total. The summed E-state index contributed by atoms with van der Waals surface area (Å²) in [5, 5.41) is 4.14. The zero-order valence-electron chi connectivity index (χ0n) is 8.84. The average Bonchev–Trinajstić information content (AvgIpc) is 2.89. The van der Waals surface area contributed by atoms with Crippen LogP contribution in [-0.2, 0) is 4.74 Å². The molecule has 0 aromatic carbocycles. The largest absolute Gasteiger partial charge is 0.379 e. The molecule has 88 valence electrons. The maximum atomic E-state index is 5.98. The summed E-state index contributed by atoms with van der Waals surface area (Å²) in [6, 6.07) is 0. The van der Waals surface area contributed by atoms with Gasteiger partial charge in [-0.2, -0.15) is 0 Å². The van der Waals surface area contributed by atoms with E-state index in [9.17, 15) is 0 Å². The minimum Gasteiger partial charge on any atom is -0.379 e. The zero-order valence-corrected chi connectivity index (χ0v) is 10.3. The highest BCUT2D eigenvalue weighted by Crippen LogP contribution is 2.37. The second-order valence-electron chi connectivity index (χ2n) is 3.86. The van der Waals surface area contributed by atoms with E-state index < -0.39 is 0 Å². The number of nitrogens with zero attached hydrogens (tertiary/aromatic N) is 1. The fourth-order valence-corrected chi connectivity index (χ4v) is 2.11. The summed E-state index contributed by atoms with van der Waals surface area (Å²) in [5.74, 6) is 0. The maximum Gasteiger partial charge on any atom is 0.124 e. The Hall–Kier alpha value is -0.550. The molecule has 0 bridgehead atoms. The first-order valence-electron chi connectivity index (χ1n) is 5.00. The standard InChI is InChI=1S/C10H13Cl2N3O/c1-6-10(4-13,16-6)5-15-9-7(11)2-14-3-8(9)12/h2-3,6H,4-5,13H2,1H3,(H,14,15). The molecule has 0 saturated carbocycles. The van der Waals surface area contributed by atoms with Gasteiger partial charge in [-0.1, -0.05) is 23.2 Å². The van der Waals surface area contributed by atoms with Gasteiger partial charge in [0.25, 0.3) is 0 Å². The first-order valence-corrected chi connectivity index (χ1v) is 5.75. The van der Waals surface area contributed by atoms with Crippen LogP contribution >= 0.6 is 23.2 Å². The van der Waals surface area contributed by atoms with E-state index in [1.807, 2.05) is 6.92 Å². The van der Waals surface area contributed by atoms with Crippen LogP contribution < -0.4 is 11.1 Å². The van der Waals surface area contributed by atoms with Gasteiger partial charge >= 0.3 is 0 Å². The topological polar surface area (TPSA) is 63.5 Å². The molecule has 16 heavy (non-hydrogen) atoms. The van der Waals surface area contributed by atoms with Crippen LogP contribution in [0.15, 0.2) is 12.4 Å². The third kappa shape index (κ3) is 2.11. The van der Waals surface area contributed by atoms with Gasteiger partial charge in [0.15, 0.2) is 0 Å². The first-order chi connectivity index (χ1) is 7.59. The van der Waals surface area contributed by atoms with Crippen LogP contribution in [0, 0.1) is 0 Å². The number of pyridine rings is 1. The molecule has 2 heterocycles. The van der Waals surface area contributed by atoms with Crippen molar-refractivity contribution in [1.29, 1.82) is 0 Å². The fraction of sp³-hybridized carbons (Fsp3) is 0.500. The van der Waals surface area contributed by atoms with Crippen molar-refractivity contribution in [2.75, 3.05) is 18.4 Å². The van der Waals surface area contributed by atoms with E-state index in [-0.39, 0.29) is 11.7 Å². The van der Waals surface area contributed by atoms with Gasteiger partial charge in [0.2, 0.25) is 0 Å². The average molecular weight is 262 g/mol. The van der Waals surface area contributed by atoms with E-state index in [0.29, 0.717) is 28.8 Å². The molecular weight excluding hydrogens is 249 g/mol. The Morgan fingerprint density at radius 1 is 1.50 bits per heavy atom. The molecule has 3 N–H and O–H groups in total. The minimum atomic E-state index is -0.282. The summed E-state index contributed by atoms with van der Waals surface area (Å²) in [5.41, 5.74) is 6.05. The van der Waals surface area contributed by atoms with E-state index in [0.717, 1.165) is 0 Å². The Balaban J connectivity index is 2.05. The Bertz CT molecular complexity index is 377. The van der Waals surface area contributed by atoms with Crippen molar-refractivity contribution in [1.82, 2.24) is 4.98 Å². The molecule has 1 aromatic heterocycles. The van der Waals surface area contributed by atoms with Crippen LogP contribution in [0.25, 0.3) is 0 Å². The van der Waals surface area contributed by atoms with Crippen LogP contribution in [0.5, 0.6) is 0 Å².